The van der Waals surface area contributed by atoms with Crippen molar-refractivity contribution in [3.63, 3.8) is 0 Å². The van der Waals surface area contributed by atoms with Gasteiger partial charge in [0.15, 0.2) is 0 Å². The minimum absolute atomic E-state index is 0.0338. The minimum Gasteiger partial charge on any atom is -0.272 e. The number of hydrazone groups is 1. The first kappa shape index (κ1) is 22.4. The van der Waals surface area contributed by atoms with E-state index in [4.69, 9.17) is 0 Å². The summed E-state index contributed by atoms with van der Waals surface area (Å²) in [6.07, 6.45) is -3.24. The number of nitrogens with zero attached hydrogens (tertiary/aromatic N) is 3. The third-order valence-electron chi connectivity index (χ3n) is 4.35. The maximum absolute atomic E-state index is 12.8. The van der Waals surface area contributed by atoms with Crippen LogP contribution in [-0.2, 0) is 11.6 Å². The Morgan fingerprint density at radius 3 is 2.35 bits per heavy atom. The van der Waals surface area contributed by atoms with Gasteiger partial charge < -0.3 is 0 Å². The van der Waals surface area contributed by atoms with Crippen LogP contribution in [-0.4, -0.2) is 16.1 Å². The SMILES string of the molecule is CC(C)(C)c1csc(-c2ccc(C=NNc3ccc(C(F)(F)F)cc3[N+](=O)[O-])cc2)n1. The number of benzene rings is 2. The van der Waals surface area contributed by atoms with E-state index in [9.17, 15) is 23.3 Å². The second kappa shape index (κ2) is 8.46. The smallest absolute Gasteiger partial charge is 0.272 e. The van der Waals surface area contributed by atoms with Gasteiger partial charge in [-0.3, -0.25) is 15.5 Å². The third-order valence-corrected chi connectivity index (χ3v) is 5.24. The molecule has 162 valence electrons. The van der Waals surface area contributed by atoms with Crippen molar-refractivity contribution < 1.29 is 18.1 Å². The second-order valence-corrected chi connectivity index (χ2v) is 8.62. The molecule has 0 saturated heterocycles. The largest absolute Gasteiger partial charge is 0.416 e. The molecule has 1 N–H and O–H groups in total. The van der Waals surface area contributed by atoms with E-state index >= 15 is 0 Å². The molecule has 0 bridgehead atoms. The molecule has 31 heavy (non-hydrogen) atoms. The van der Waals surface area contributed by atoms with Gasteiger partial charge in [0.2, 0.25) is 0 Å². The molecule has 0 aliphatic carbocycles. The highest BCUT2D eigenvalue weighted by Gasteiger charge is 2.33. The number of aromatic nitrogens is 1. The Bertz CT molecular complexity index is 1120. The van der Waals surface area contributed by atoms with Gasteiger partial charge in [-0.2, -0.15) is 18.3 Å². The number of hydrogen-bond donors (Lipinski definition) is 1. The summed E-state index contributed by atoms with van der Waals surface area (Å²) >= 11 is 1.56. The highest BCUT2D eigenvalue weighted by atomic mass is 32.1. The zero-order chi connectivity index (χ0) is 22.8. The van der Waals surface area contributed by atoms with E-state index in [2.05, 4.69) is 36.3 Å². The predicted molar refractivity (Wildman–Crippen MR) is 116 cm³/mol. The van der Waals surface area contributed by atoms with Crippen molar-refractivity contribution in [1.29, 1.82) is 0 Å². The average molecular weight is 448 g/mol. The molecule has 0 radical (unpaired) electrons. The van der Waals surface area contributed by atoms with Crippen molar-refractivity contribution in [2.75, 3.05) is 5.43 Å². The molecule has 0 aliphatic heterocycles. The summed E-state index contributed by atoms with van der Waals surface area (Å²) < 4.78 is 38.3. The molecule has 0 fully saturated rings. The van der Waals surface area contributed by atoms with Crippen LogP contribution in [0.5, 0.6) is 0 Å². The zero-order valence-electron chi connectivity index (χ0n) is 16.9. The number of anilines is 1. The Balaban J connectivity index is 1.73. The van der Waals surface area contributed by atoms with E-state index in [0.29, 0.717) is 11.6 Å². The van der Waals surface area contributed by atoms with Crippen molar-refractivity contribution >= 4 is 28.9 Å². The molecule has 1 aromatic heterocycles. The van der Waals surface area contributed by atoms with Crippen LogP contribution in [0.4, 0.5) is 24.5 Å². The second-order valence-electron chi connectivity index (χ2n) is 7.77. The quantitative estimate of drug-likeness (QED) is 0.275. The lowest BCUT2D eigenvalue weighted by Gasteiger charge is -2.14. The number of nitrogens with one attached hydrogen (secondary N) is 1. The molecule has 0 saturated carbocycles. The lowest BCUT2D eigenvalue weighted by Crippen LogP contribution is -2.11. The van der Waals surface area contributed by atoms with E-state index in [-0.39, 0.29) is 11.1 Å². The van der Waals surface area contributed by atoms with E-state index in [1.54, 1.807) is 23.5 Å². The van der Waals surface area contributed by atoms with Crippen LogP contribution in [0.25, 0.3) is 10.6 Å². The number of alkyl halides is 3. The summed E-state index contributed by atoms with van der Waals surface area (Å²) in [6, 6.07) is 9.60. The lowest BCUT2D eigenvalue weighted by molar-refractivity contribution is -0.384. The van der Waals surface area contributed by atoms with Crippen molar-refractivity contribution in [3.05, 3.63) is 74.8 Å². The lowest BCUT2D eigenvalue weighted by atomic mass is 9.93. The van der Waals surface area contributed by atoms with Crippen LogP contribution >= 0.6 is 11.3 Å². The van der Waals surface area contributed by atoms with Gasteiger partial charge in [0, 0.05) is 22.4 Å². The van der Waals surface area contributed by atoms with E-state index < -0.39 is 22.4 Å². The third kappa shape index (κ3) is 5.46. The van der Waals surface area contributed by atoms with E-state index in [0.717, 1.165) is 28.4 Å². The molecular weight excluding hydrogens is 429 g/mol. The molecule has 2 aromatic carbocycles. The first-order valence-corrected chi connectivity index (χ1v) is 10.0. The summed E-state index contributed by atoms with van der Waals surface area (Å²) in [6.45, 7) is 6.29. The Morgan fingerprint density at radius 1 is 1.13 bits per heavy atom. The van der Waals surface area contributed by atoms with Gasteiger partial charge >= 0.3 is 6.18 Å². The topological polar surface area (TPSA) is 80.4 Å². The summed E-state index contributed by atoms with van der Waals surface area (Å²) in [4.78, 5) is 14.9. The van der Waals surface area contributed by atoms with Gasteiger partial charge in [-0.05, 0) is 17.7 Å². The number of rotatable bonds is 5. The highest BCUT2D eigenvalue weighted by Crippen LogP contribution is 2.35. The fourth-order valence-corrected chi connectivity index (χ4v) is 3.65. The normalized spacial score (nSPS) is 12.3. The number of halogens is 3. The Kier molecular flexibility index (Phi) is 6.12. The van der Waals surface area contributed by atoms with Gasteiger partial charge in [-0.15, -0.1) is 11.3 Å². The molecule has 10 heteroatoms. The Hall–Kier alpha value is -3.27. The summed E-state index contributed by atoms with van der Waals surface area (Å²) in [5.41, 5.74) is 3.13. The Labute approximate surface area is 180 Å². The molecule has 0 spiro atoms. The fraction of sp³-hybridized carbons (Fsp3) is 0.238. The molecule has 1 heterocycles. The minimum atomic E-state index is -4.67. The molecule has 6 nitrogen and oxygen atoms in total. The van der Waals surface area contributed by atoms with Crippen LogP contribution < -0.4 is 5.43 Å². The summed E-state index contributed by atoms with van der Waals surface area (Å²) in [7, 11) is 0. The van der Waals surface area contributed by atoms with Gasteiger partial charge in [-0.1, -0.05) is 45.0 Å². The van der Waals surface area contributed by atoms with Gasteiger partial charge in [0.1, 0.15) is 10.7 Å². The Morgan fingerprint density at radius 2 is 1.81 bits per heavy atom. The maximum Gasteiger partial charge on any atom is 0.416 e. The van der Waals surface area contributed by atoms with Crippen molar-refractivity contribution in [3.8, 4) is 10.6 Å². The van der Waals surface area contributed by atoms with Crippen molar-refractivity contribution in [1.82, 2.24) is 4.98 Å². The van der Waals surface area contributed by atoms with Gasteiger partial charge in [0.05, 0.1) is 22.4 Å². The first-order chi connectivity index (χ1) is 14.4. The first-order valence-electron chi connectivity index (χ1n) is 9.16. The summed E-state index contributed by atoms with van der Waals surface area (Å²) in [5, 5.41) is 18.0. The molecule has 3 aromatic rings. The fourth-order valence-electron chi connectivity index (χ4n) is 2.59. The van der Waals surface area contributed by atoms with Crippen LogP contribution in [0.1, 0.15) is 37.6 Å². The van der Waals surface area contributed by atoms with Crippen molar-refractivity contribution in [2.24, 2.45) is 5.10 Å². The number of hydrogen-bond acceptors (Lipinski definition) is 6. The van der Waals surface area contributed by atoms with Gasteiger partial charge in [-0.25, -0.2) is 4.98 Å². The van der Waals surface area contributed by atoms with E-state index in [1.807, 2.05) is 17.5 Å². The summed E-state index contributed by atoms with van der Waals surface area (Å²) in [5.74, 6) is 0. The maximum atomic E-state index is 12.8. The van der Waals surface area contributed by atoms with Crippen molar-refractivity contribution in [2.45, 2.75) is 32.4 Å². The van der Waals surface area contributed by atoms with E-state index in [1.165, 1.54) is 6.21 Å². The molecule has 3 rings (SSSR count). The average Bonchev–Trinajstić information content (AvgIpc) is 3.18. The van der Waals surface area contributed by atoms with Crippen LogP contribution in [0.2, 0.25) is 0 Å². The molecule has 0 aliphatic rings. The zero-order valence-corrected chi connectivity index (χ0v) is 17.7. The highest BCUT2D eigenvalue weighted by molar-refractivity contribution is 7.13. The molecule has 0 unspecified atom stereocenters. The molecule has 0 atom stereocenters. The standard InChI is InChI=1S/C21H19F3N4O2S/c1-20(2,3)18-12-31-19(26-18)14-6-4-13(5-7-14)11-25-27-16-9-8-15(21(22,23)24)10-17(16)28(29)30/h4-12,27H,1-3H3. The molecule has 0 amide bonds. The number of thiazole rings is 1. The van der Waals surface area contributed by atoms with Gasteiger partial charge in [0.25, 0.3) is 5.69 Å². The van der Waals surface area contributed by atoms with Crippen LogP contribution in [0.15, 0.2) is 52.9 Å². The predicted octanol–water partition coefficient (Wildman–Crippen LogP) is 6.48. The monoisotopic (exact) mass is 448 g/mol. The van der Waals surface area contributed by atoms with Crippen LogP contribution in [0.3, 0.4) is 0 Å². The van der Waals surface area contributed by atoms with Crippen LogP contribution in [0, 0.1) is 10.1 Å². The number of nitro groups is 1. The number of nitro benzene ring substituents is 1. The molecular formula is C21H19F3N4O2S.